The van der Waals surface area contributed by atoms with Crippen molar-refractivity contribution < 1.29 is 5.11 Å². The maximum atomic E-state index is 9.96. The Morgan fingerprint density at radius 3 is 2.69 bits per heavy atom. The van der Waals surface area contributed by atoms with E-state index in [1.54, 1.807) is 0 Å². The molecule has 2 heteroatoms. The maximum Gasteiger partial charge on any atom is 0.0667 e. The third kappa shape index (κ3) is 3.91. The van der Waals surface area contributed by atoms with Crippen molar-refractivity contribution in [3.8, 4) is 0 Å². The summed E-state index contributed by atoms with van der Waals surface area (Å²) in [6.07, 6.45) is 14.4. The minimum atomic E-state index is -0.131. The van der Waals surface area contributed by atoms with Crippen LogP contribution in [0.25, 0.3) is 0 Å². The Hall–Kier alpha value is -0.340. The zero-order chi connectivity index (χ0) is 11.2. The lowest BCUT2D eigenvalue weighted by atomic mass is 9.98. The fourth-order valence-corrected chi connectivity index (χ4v) is 3.00. The van der Waals surface area contributed by atoms with Gasteiger partial charge in [0.25, 0.3) is 0 Å². The SMILES string of the molecule is OC(CNC1CC=CCC1)CC1CCCC1. The first-order valence-corrected chi connectivity index (χ1v) is 6.91. The summed E-state index contributed by atoms with van der Waals surface area (Å²) in [4.78, 5) is 0. The van der Waals surface area contributed by atoms with Crippen LogP contribution in [0.1, 0.15) is 51.4 Å². The Morgan fingerprint density at radius 2 is 2.00 bits per heavy atom. The van der Waals surface area contributed by atoms with Gasteiger partial charge in [-0.3, -0.25) is 0 Å². The number of hydrogen-bond acceptors (Lipinski definition) is 2. The summed E-state index contributed by atoms with van der Waals surface area (Å²) in [6, 6.07) is 0.600. The van der Waals surface area contributed by atoms with E-state index in [9.17, 15) is 5.11 Å². The summed E-state index contributed by atoms with van der Waals surface area (Å²) < 4.78 is 0. The van der Waals surface area contributed by atoms with Crippen molar-refractivity contribution in [2.75, 3.05) is 6.54 Å². The quantitative estimate of drug-likeness (QED) is 0.702. The van der Waals surface area contributed by atoms with Crippen molar-refractivity contribution in [1.29, 1.82) is 0 Å². The minimum absolute atomic E-state index is 0.131. The molecule has 0 aromatic heterocycles. The van der Waals surface area contributed by atoms with Gasteiger partial charge in [0.1, 0.15) is 0 Å². The average molecular weight is 223 g/mol. The molecule has 0 bridgehead atoms. The molecule has 2 aliphatic rings. The molecule has 2 aliphatic carbocycles. The van der Waals surface area contributed by atoms with Gasteiger partial charge < -0.3 is 10.4 Å². The summed E-state index contributed by atoms with van der Waals surface area (Å²) in [7, 11) is 0. The van der Waals surface area contributed by atoms with Gasteiger partial charge in [-0.2, -0.15) is 0 Å². The molecule has 92 valence electrons. The molecule has 1 fully saturated rings. The molecule has 0 aromatic rings. The highest BCUT2D eigenvalue weighted by Gasteiger charge is 2.19. The number of rotatable bonds is 5. The lowest BCUT2D eigenvalue weighted by molar-refractivity contribution is 0.136. The predicted octanol–water partition coefficient (Wildman–Crippen LogP) is 2.63. The summed E-state index contributed by atoms with van der Waals surface area (Å²) in [5.41, 5.74) is 0. The van der Waals surface area contributed by atoms with Crippen LogP contribution in [0.3, 0.4) is 0 Å². The van der Waals surface area contributed by atoms with Crippen LogP contribution < -0.4 is 5.32 Å². The second-order valence-electron chi connectivity index (χ2n) is 5.43. The van der Waals surface area contributed by atoms with Crippen LogP contribution in [0.5, 0.6) is 0 Å². The molecule has 0 amide bonds. The average Bonchev–Trinajstić information content (AvgIpc) is 2.81. The second-order valence-corrected chi connectivity index (χ2v) is 5.43. The first-order valence-electron chi connectivity index (χ1n) is 6.91. The summed E-state index contributed by atoms with van der Waals surface area (Å²) >= 11 is 0. The molecule has 2 rings (SSSR count). The van der Waals surface area contributed by atoms with Gasteiger partial charge in [0, 0.05) is 12.6 Å². The standard InChI is InChI=1S/C14H25NO/c16-14(10-12-6-4-5-7-12)11-15-13-8-2-1-3-9-13/h1-2,12-16H,3-11H2. The van der Waals surface area contributed by atoms with E-state index < -0.39 is 0 Å². The smallest absolute Gasteiger partial charge is 0.0667 e. The first kappa shape index (κ1) is 12.1. The second kappa shape index (κ2) is 6.41. The molecular formula is C14H25NO. The van der Waals surface area contributed by atoms with E-state index in [-0.39, 0.29) is 6.10 Å². The van der Waals surface area contributed by atoms with Crippen LogP contribution in [0, 0.1) is 5.92 Å². The fraction of sp³-hybridized carbons (Fsp3) is 0.857. The molecule has 0 aliphatic heterocycles. The van der Waals surface area contributed by atoms with Crippen LogP contribution in [-0.4, -0.2) is 23.8 Å². The molecule has 2 nitrogen and oxygen atoms in total. The summed E-state index contributed by atoms with van der Waals surface area (Å²) in [5, 5.41) is 13.5. The number of aliphatic hydroxyl groups is 1. The molecule has 0 heterocycles. The van der Waals surface area contributed by atoms with Crippen LogP contribution in [0.15, 0.2) is 12.2 Å². The van der Waals surface area contributed by atoms with Crippen LogP contribution in [-0.2, 0) is 0 Å². The Kier molecular flexibility index (Phi) is 4.86. The highest BCUT2D eigenvalue weighted by atomic mass is 16.3. The highest BCUT2D eigenvalue weighted by Crippen LogP contribution is 2.28. The monoisotopic (exact) mass is 223 g/mol. The third-order valence-corrected chi connectivity index (χ3v) is 3.99. The lowest BCUT2D eigenvalue weighted by Gasteiger charge is -2.22. The Balaban J connectivity index is 1.59. The predicted molar refractivity (Wildman–Crippen MR) is 67.4 cm³/mol. The number of hydrogen-bond donors (Lipinski definition) is 2. The van der Waals surface area contributed by atoms with Crippen molar-refractivity contribution in [3.63, 3.8) is 0 Å². The fourth-order valence-electron chi connectivity index (χ4n) is 3.00. The van der Waals surface area contributed by atoms with E-state index in [4.69, 9.17) is 0 Å². The molecule has 0 radical (unpaired) electrons. The zero-order valence-electron chi connectivity index (χ0n) is 10.2. The van der Waals surface area contributed by atoms with Crippen molar-refractivity contribution in [2.45, 2.75) is 63.5 Å². The highest BCUT2D eigenvalue weighted by molar-refractivity contribution is 4.93. The van der Waals surface area contributed by atoms with Crippen molar-refractivity contribution >= 4 is 0 Å². The van der Waals surface area contributed by atoms with Crippen LogP contribution >= 0.6 is 0 Å². The molecule has 1 saturated carbocycles. The van der Waals surface area contributed by atoms with Gasteiger partial charge in [-0.25, -0.2) is 0 Å². The molecule has 2 unspecified atom stereocenters. The van der Waals surface area contributed by atoms with Crippen LogP contribution in [0.4, 0.5) is 0 Å². The van der Waals surface area contributed by atoms with E-state index in [2.05, 4.69) is 17.5 Å². The van der Waals surface area contributed by atoms with Gasteiger partial charge in [0.05, 0.1) is 6.10 Å². The molecule has 0 aromatic carbocycles. The third-order valence-electron chi connectivity index (χ3n) is 3.99. The molecular weight excluding hydrogens is 198 g/mol. The molecule has 2 atom stereocenters. The van der Waals surface area contributed by atoms with Crippen molar-refractivity contribution in [1.82, 2.24) is 5.32 Å². The first-order chi connectivity index (χ1) is 7.84. The number of nitrogens with one attached hydrogen (secondary N) is 1. The Labute approximate surface area is 99.1 Å². The van der Waals surface area contributed by atoms with E-state index in [1.165, 1.54) is 38.5 Å². The van der Waals surface area contributed by atoms with Crippen LogP contribution in [0.2, 0.25) is 0 Å². The zero-order valence-corrected chi connectivity index (χ0v) is 10.2. The summed E-state index contributed by atoms with van der Waals surface area (Å²) in [6.45, 7) is 0.787. The van der Waals surface area contributed by atoms with Gasteiger partial charge in [0.15, 0.2) is 0 Å². The number of aliphatic hydroxyl groups excluding tert-OH is 1. The normalized spacial score (nSPS) is 28.4. The van der Waals surface area contributed by atoms with Crippen molar-refractivity contribution in [3.05, 3.63) is 12.2 Å². The lowest BCUT2D eigenvalue weighted by Crippen LogP contribution is -2.36. The Bertz CT molecular complexity index is 221. The van der Waals surface area contributed by atoms with Gasteiger partial charge in [0.2, 0.25) is 0 Å². The molecule has 0 saturated heterocycles. The van der Waals surface area contributed by atoms with Gasteiger partial charge in [-0.05, 0) is 31.6 Å². The van der Waals surface area contributed by atoms with Crippen molar-refractivity contribution in [2.24, 2.45) is 5.92 Å². The Morgan fingerprint density at radius 1 is 1.19 bits per heavy atom. The van der Waals surface area contributed by atoms with E-state index in [0.29, 0.717) is 6.04 Å². The molecule has 16 heavy (non-hydrogen) atoms. The van der Waals surface area contributed by atoms with Gasteiger partial charge in [-0.15, -0.1) is 0 Å². The maximum absolute atomic E-state index is 9.96. The summed E-state index contributed by atoms with van der Waals surface area (Å²) in [5.74, 6) is 0.794. The minimum Gasteiger partial charge on any atom is -0.392 e. The van der Waals surface area contributed by atoms with E-state index >= 15 is 0 Å². The largest absolute Gasteiger partial charge is 0.392 e. The van der Waals surface area contributed by atoms with Gasteiger partial charge >= 0.3 is 0 Å². The van der Waals surface area contributed by atoms with E-state index in [0.717, 1.165) is 25.3 Å². The number of allylic oxidation sites excluding steroid dienone is 1. The molecule has 0 spiro atoms. The van der Waals surface area contributed by atoms with Gasteiger partial charge in [-0.1, -0.05) is 37.8 Å². The molecule has 2 N–H and O–H groups in total. The topological polar surface area (TPSA) is 32.3 Å². The van der Waals surface area contributed by atoms with E-state index in [1.807, 2.05) is 0 Å².